The van der Waals surface area contributed by atoms with Crippen molar-refractivity contribution >= 4 is 17.5 Å². The predicted octanol–water partition coefficient (Wildman–Crippen LogP) is 2.42. The number of pyridine rings is 1. The zero-order valence-corrected chi connectivity index (χ0v) is 14.6. The van der Waals surface area contributed by atoms with Crippen LogP contribution in [-0.2, 0) is 10.4 Å². The minimum atomic E-state index is -5.02. The first-order valence-corrected chi connectivity index (χ1v) is 8.73. The summed E-state index contributed by atoms with van der Waals surface area (Å²) in [6.07, 6.45) is -4.07. The maximum atomic E-state index is 13.6. The number of hydrogen-bond acceptors (Lipinski definition) is 5. The number of halogens is 4. The van der Waals surface area contributed by atoms with E-state index in [1.807, 2.05) is 4.90 Å². The summed E-state index contributed by atoms with van der Waals surface area (Å²) < 4.78 is 53.8. The average Bonchev–Trinajstić information content (AvgIpc) is 3.06. The van der Waals surface area contributed by atoms with Gasteiger partial charge in [-0.25, -0.2) is 9.37 Å². The van der Waals surface area contributed by atoms with Crippen LogP contribution in [0.1, 0.15) is 36.4 Å². The van der Waals surface area contributed by atoms with Crippen molar-refractivity contribution in [2.45, 2.75) is 37.0 Å². The number of aromatic nitrogens is 3. The maximum Gasteiger partial charge on any atom is 0.422 e. The van der Waals surface area contributed by atoms with Crippen LogP contribution in [0.4, 0.5) is 29.2 Å². The van der Waals surface area contributed by atoms with Crippen LogP contribution in [0, 0.1) is 5.82 Å². The van der Waals surface area contributed by atoms with Gasteiger partial charge in [0.2, 0.25) is 5.91 Å². The summed E-state index contributed by atoms with van der Waals surface area (Å²) in [5.74, 6) is -1.34. The number of fused-ring (bicyclic) bond motifs is 1. The molecular weight excluding hydrogens is 382 g/mol. The number of H-pyrrole nitrogens is 1. The van der Waals surface area contributed by atoms with Gasteiger partial charge in [-0.1, -0.05) is 0 Å². The Morgan fingerprint density at radius 3 is 2.57 bits per heavy atom. The molecule has 0 bridgehead atoms. The van der Waals surface area contributed by atoms with E-state index in [4.69, 9.17) is 0 Å². The topological polar surface area (TPSA) is 94.1 Å². The molecule has 1 saturated heterocycles. The van der Waals surface area contributed by atoms with Crippen LogP contribution in [-0.4, -0.2) is 45.5 Å². The molecule has 1 fully saturated rings. The molecule has 0 radical (unpaired) electrons. The number of nitrogens with one attached hydrogen (secondary N) is 2. The third-order valence-corrected chi connectivity index (χ3v) is 5.28. The summed E-state index contributed by atoms with van der Waals surface area (Å²) >= 11 is 0. The highest BCUT2D eigenvalue weighted by atomic mass is 19.4. The van der Waals surface area contributed by atoms with Crippen LogP contribution < -0.4 is 10.2 Å². The van der Waals surface area contributed by atoms with E-state index in [1.165, 1.54) is 6.07 Å². The van der Waals surface area contributed by atoms with Crippen LogP contribution in [0.5, 0.6) is 0 Å². The Hall–Kier alpha value is -2.69. The lowest BCUT2D eigenvalue weighted by molar-refractivity contribution is -0.267. The predicted molar refractivity (Wildman–Crippen MR) is 90.2 cm³/mol. The SMILES string of the molecule is O=C1CC(O)(C(F)(F)F)c2c(C3CCN(c4ccc(F)cn4)CC3)n[nH]c2N1. The number of rotatable bonds is 2. The van der Waals surface area contributed by atoms with E-state index in [1.54, 1.807) is 6.07 Å². The summed E-state index contributed by atoms with van der Waals surface area (Å²) in [7, 11) is 0. The summed E-state index contributed by atoms with van der Waals surface area (Å²) in [5, 5.41) is 19.1. The Morgan fingerprint density at radius 1 is 1.25 bits per heavy atom. The molecule has 1 amide bonds. The third kappa shape index (κ3) is 2.99. The molecule has 2 aliphatic rings. The number of alkyl halides is 3. The van der Waals surface area contributed by atoms with Gasteiger partial charge >= 0.3 is 6.18 Å². The Morgan fingerprint density at radius 2 is 1.96 bits per heavy atom. The molecule has 11 heteroatoms. The Kier molecular flexibility index (Phi) is 4.29. The standard InChI is InChI=1S/C17H17F4N5O2/c18-10-1-2-11(22-8-10)26-5-3-9(4-6-26)14-13-15(25-24-14)23-12(27)7-16(13,28)17(19,20)21/h1-2,8-9,28H,3-7H2,(H2,23,24,25,27). The molecule has 1 unspecified atom stereocenters. The molecular formula is C17H17F4N5O2. The van der Waals surface area contributed by atoms with Gasteiger partial charge in [-0.15, -0.1) is 0 Å². The lowest BCUT2D eigenvalue weighted by atomic mass is 9.81. The van der Waals surface area contributed by atoms with E-state index in [0.717, 1.165) is 6.20 Å². The lowest BCUT2D eigenvalue weighted by Crippen LogP contribution is -2.48. The number of aromatic amines is 1. The van der Waals surface area contributed by atoms with E-state index in [2.05, 4.69) is 20.5 Å². The maximum absolute atomic E-state index is 13.6. The molecule has 4 heterocycles. The normalized spacial score (nSPS) is 23.5. The second kappa shape index (κ2) is 6.43. The molecule has 2 aromatic rings. The first kappa shape index (κ1) is 18.7. The van der Waals surface area contributed by atoms with Crippen LogP contribution >= 0.6 is 0 Å². The van der Waals surface area contributed by atoms with Gasteiger partial charge in [0.05, 0.1) is 23.9 Å². The number of nitrogens with zero attached hydrogens (tertiary/aromatic N) is 3. The van der Waals surface area contributed by atoms with Gasteiger partial charge in [0, 0.05) is 19.0 Å². The molecule has 28 heavy (non-hydrogen) atoms. The van der Waals surface area contributed by atoms with Crippen molar-refractivity contribution in [1.82, 2.24) is 15.2 Å². The quantitative estimate of drug-likeness (QED) is 0.675. The van der Waals surface area contributed by atoms with Gasteiger partial charge in [0.25, 0.3) is 0 Å². The molecule has 0 aliphatic carbocycles. The fourth-order valence-electron chi connectivity index (χ4n) is 3.84. The monoisotopic (exact) mass is 399 g/mol. The Bertz CT molecular complexity index is 890. The van der Waals surface area contributed by atoms with Crippen LogP contribution in [0.3, 0.4) is 0 Å². The highest BCUT2D eigenvalue weighted by Crippen LogP contribution is 2.49. The van der Waals surface area contributed by atoms with E-state index >= 15 is 0 Å². The fourth-order valence-corrected chi connectivity index (χ4v) is 3.84. The number of carbonyl (C=O) groups is 1. The number of anilines is 2. The van der Waals surface area contributed by atoms with Crippen molar-refractivity contribution in [2.75, 3.05) is 23.3 Å². The van der Waals surface area contributed by atoms with E-state index in [0.29, 0.717) is 31.7 Å². The number of hydrogen-bond donors (Lipinski definition) is 3. The van der Waals surface area contributed by atoms with Gasteiger partial charge < -0.3 is 15.3 Å². The lowest BCUT2D eigenvalue weighted by Gasteiger charge is -2.36. The summed E-state index contributed by atoms with van der Waals surface area (Å²) in [6.45, 7) is 0.976. The molecule has 0 aromatic carbocycles. The van der Waals surface area contributed by atoms with Gasteiger partial charge in [-0.05, 0) is 25.0 Å². The van der Waals surface area contributed by atoms with Crippen molar-refractivity contribution in [3.8, 4) is 0 Å². The average molecular weight is 399 g/mol. The molecule has 1 atom stereocenters. The minimum Gasteiger partial charge on any atom is -0.376 e. The highest BCUT2D eigenvalue weighted by Gasteiger charge is 2.61. The second-order valence-corrected chi connectivity index (χ2v) is 7.04. The fraction of sp³-hybridized carbons (Fsp3) is 0.471. The minimum absolute atomic E-state index is 0.113. The van der Waals surface area contributed by atoms with Crippen LogP contribution in [0.25, 0.3) is 0 Å². The molecule has 7 nitrogen and oxygen atoms in total. The van der Waals surface area contributed by atoms with E-state index < -0.39 is 35.5 Å². The Balaban J connectivity index is 1.59. The molecule has 150 valence electrons. The molecule has 4 rings (SSSR count). The largest absolute Gasteiger partial charge is 0.422 e. The zero-order chi connectivity index (χ0) is 20.1. The highest BCUT2D eigenvalue weighted by molar-refractivity contribution is 5.94. The van der Waals surface area contributed by atoms with E-state index in [9.17, 15) is 27.5 Å². The molecule has 2 aromatic heterocycles. The van der Waals surface area contributed by atoms with Crippen molar-refractivity contribution in [2.24, 2.45) is 0 Å². The second-order valence-electron chi connectivity index (χ2n) is 7.04. The van der Waals surface area contributed by atoms with Crippen molar-refractivity contribution in [3.05, 3.63) is 35.4 Å². The van der Waals surface area contributed by atoms with E-state index in [-0.39, 0.29) is 17.4 Å². The van der Waals surface area contributed by atoms with Gasteiger partial charge in [-0.2, -0.15) is 18.3 Å². The first-order valence-electron chi connectivity index (χ1n) is 8.73. The number of amides is 1. The third-order valence-electron chi connectivity index (χ3n) is 5.28. The molecule has 0 saturated carbocycles. The summed E-state index contributed by atoms with van der Waals surface area (Å²) in [6, 6.07) is 2.84. The first-order chi connectivity index (χ1) is 13.2. The Labute approximate surface area is 156 Å². The van der Waals surface area contributed by atoms with Crippen LogP contribution in [0.2, 0.25) is 0 Å². The molecule has 2 aliphatic heterocycles. The van der Waals surface area contributed by atoms with Crippen molar-refractivity contribution in [3.63, 3.8) is 0 Å². The van der Waals surface area contributed by atoms with Crippen LogP contribution in [0.15, 0.2) is 18.3 Å². The van der Waals surface area contributed by atoms with Gasteiger partial charge in [-0.3, -0.25) is 9.89 Å². The summed E-state index contributed by atoms with van der Waals surface area (Å²) in [4.78, 5) is 17.6. The molecule has 3 N–H and O–H groups in total. The van der Waals surface area contributed by atoms with Gasteiger partial charge in [0.15, 0.2) is 5.60 Å². The molecule has 0 spiro atoms. The zero-order valence-electron chi connectivity index (χ0n) is 14.6. The van der Waals surface area contributed by atoms with Gasteiger partial charge in [0.1, 0.15) is 17.5 Å². The number of carbonyl (C=O) groups excluding carboxylic acids is 1. The summed E-state index contributed by atoms with van der Waals surface area (Å²) in [5.41, 5.74) is -3.57. The number of piperidine rings is 1. The van der Waals surface area contributed by atoms with Crippen molar-refractivity contribution in [1.29, 1.82) is 0 Å². The smallest absolute Gasteiger partial charge is 0.376 e. The number of aliphatic hydroxyl groups is 1. The van der Waals surface area contributed by atoms with Crippen molar-refractivity contribution < 1.29 is 27.5 Å².